The van der Waals surface area contributed by atoms with Crippen LogP contribution in [0.15, 0.2) is 107 Å². The first kappa shape index (κ1) is 24.8. The fraction of sp³-hybridized carbons (Fsp3) is 0.147. The molecule has 2 aliphatic rings. The molecule has 3 heterocycles. The van der Waals surface area contributed by atoms with E-state index < -0.39 is 0 Å². The highest BCUT2D eigenvalue weighted by atomic mass is 16.5. The average Bonchev–Trinajstić information content (AvgIpc) is 3.34. The molecule has 0 saturated heterocycles. The molecule has 1 atom stereocenters. The van der Waals surface area contributed by atoms with Crippen molar-refractivity contribution in [3.63, 3.8) is 0 Å². The monoisotopic (exact) mass is 538 g/mol. The van der Waals surface area contributed by atoms with E-state index in [1.54, 1.807) is 7.11 Å². The second-order valence-corrected chi connectivity index (χ2v) is 10.3. The first-order valence-electron chi connectivity index (χ1n) is 13.7. The summed E-state index contributed by atoms with van der Waals surface area (Å²) >= 11 is 0. The van der Waals surface area contributed by atoms with Crippen molar-refractivity contribution in [3.05, 3.63) is 125 Å². The van der Waals surface area contributed by atoms with E-state index in [4.69, 9.17) is 19.8 Å². The molecule has 0 saturated carbocycles. The summed E-state index contributed by atoms with van der Waals surface area (Å²) < 4.78 is 7.86. The van der Waals surface area contributed by atoms with Gasteiger partial charge in [-0.25, -0.2) is 14.7 Å². The molecule has 7 heteroatoms. The zero-order valence-corrected chi connectivity index (χ0v) is 23.5. The van der Waals surface area contributed by atoms with Gasteiger partial charge in [0.05, 0.1) is 41.6 Å². The Kier molecular flexibility index (Phi) is 5.93. The number of methoxy groups -OCH3 is 1. The third-order valence-corrected chi connectivity index (χ3v) is 7.92. The lowest BCUT2D eigenvalue weighted by Crippen LogP contribution is -2.48. The molecule has 0 aliphatic carbocycles. The molecule has 4 aromatic carbocycles. The van der Waals surface area contributed by atoms with E-state index in [9.17, 15) is 0 Å². The number of para-hydroxylation sites is 4. The fourth-order valence-electron chi connectivity index (χ4n) is 5.74. The van der Waals surface area contributed by atoms with Gasteiger partial charge in [0.2, 0.25) is 0 Å². The van der Waals surface area contributed by atoms with Gasteiger partial charge < -0.3 is 15.0 Å². The smallest absolute Gasteiger partial charge is 0.179 e. The Balaban J connectivity index is 1.56. The molecule has 2 aliphatic heterocycles. The highest BCUT2D eigenvalue weighted by molar-refractivity contribution is 6.52. The summed E-state index contributed by atoms with van der Waals surface area (Å²) in [5.41, 5.74) is 9.13. The summed E-state index contributed by atoms with van der Waals surface area (Å²) in [4.78, 5) is 12.8. The molecule has 1 N–H and O–H groups in total. The van der Waals surface area contributed by atoms with Crippen LogP contribution in [0.3, 0.4) is 0 Å². The Morgan fingerprint density at radius 1 is 0.829 bits per heavy atom. The highest BCUT2D eigenvalue weighted by Crippen LogP contribution is 2.49. The number of ether oxygens (including phenoxy) is 1. The number of hydrogen-bond acceptors (Lipinski definition) is 5. The number of hydrogen-bond donors (Lipinski definition) is 1. The minimum absolute atomic E-state index is 0.252. The number of amidine groups is 2. The predicted molar refractivity (Wildman–Crippen MR) is 166 cm³/mol. The van der Waals surface area contributed by atoms with Gasteiger partial charge in [0.25, 0.3) is 0 Å². The zero-order chi connectivity index (χ0) is 28.1. The van der Waals surface area contributed by atoms with Gasteiger partial charge >= 0.3 is 0 Å². The Labute approximate surface area is 239 Å². The molecule has 7 nitrogen and oxygen atoms in total. The van der Waals surface area contributed by atoms with Crippen LogP contribution >= 0.6 is 0 Å². The summed E-state index contributed by atoms with van der Waals surface area (Å²) in [6, 6.07) is 32.6. The molecule has 41 heavy (non-hydrogen) atoms. The van der Waals surface area contributed by atoms with Gasteiger partial charge in [-0.1, -0.05) is 60.7 Å². The largest absolute Gasteiger partial charge is 0.496 e. The molecule has 7 rings (SSSR count). The minimum atomic E-state index is -0.252. The summed E-state index contributed by atoms with van der Waals surface area (Å²) in [7, 11) is 1.72. The lowest BCUT2D eigenvalue weighted by molar-refractivity contribution is 0.407. The second-order valence-electron chi connectivity index (χ2n) is 10.3. The molecule has 0 bridgehead atoms. The molecule has 5 aromatic rings. The molecule has 202 valence electrons. The van der Waals surface area contributed by atoms with Crippen molar-refractivity contribution in [2.75, 3.05) is 17.3 Å². The van der Waals surface area contributed by atoms with Crippen molar-refractivity contribution in [2.45, 2.75) is 26.8 Å². The molecule has 0 fully saturated rings. The SMILES string of the molecule is COc1ccccc1[C@@H]1c2c(C)nn(-c3ccccc3)c2N=C2C(=Nc3cccc(C)c3C)Nc3ccccc3N21. The van der Waals surface area contributed by atoms with Crippen LogP contribution < -0.4 is 15.0 Å². The average molecular weight is 539 g/mol. The lowest BCUT2D eigenvalue weighted by atomic mass is 9.92. The highest BCUT2D eigenvalue weighted by Gasteiger charge is 2.42. The number of fused-ring (bicyclic) bond motifs is 4. The van der Waals surface area contributed by atoms with Crippen LogP contribution in [0.1, 0.15) is 34.0 Å². The first-order valence-corrected chi connectivity index (χ1v) is 13.7. The normalized spacial score (nSPS) is 16.4. The molecule has 0 radical (unpaired) electrons. The number of anilines is 2. The summed E-state index contributed by atoms with van der Waals surface area (Å²) in [5, 5.41) is 8.63. The van der Waals surface area contributed by atoms with Gasteiger partial charge in [-0.3, -0.25) is 0 Å². The van der Waals surface area contributed by atoms with Crippen LogP contribution in [0, 0.1) is 20.8 Å². The maximum atomic E-state index is 5.92. The number of aliphatic imine (C=N–C) groups is 2. The number of nitrogens with one attached hydrogen (secondary N) is 1. The third kappa shape index (κ3) is 4.00. The van der Waals surface area contributed by atoms with Crippen molar-refractivity contribution in [2.24, 2.45) is 9.98 Å². The zero-order valence-electron chi connectivity index (χ0n) is 23.5. The maximum absolute atomic E-state index is 5.92. The van der Waals surface area contributed by atoms with Crippen molar-refractivity contribution < 1.29 is 4.74 Å². The molecule has 0 unspecified atom stereocenters. The summed E-state index contributed by atoms with van der Waals surface area (Å²) in [6.07, 6.45) is 0. The topological polar surface area (TPSA) is 67.0 Å². The summed E-state index contributed by atoms with van der Waals surface area (Å²) in [5.74, 6) is 3.00. The molecule has 0 spiro atoms. The maximum Gasteiger partial charge on any atom is 0.179 e. The number of nitrogens with zero attached hydrogens (tertiary/aromatic N) is 5. The Morgan fingerprint density at radius 2 is 1.59 bits per heavy atom. The second kappa shape index (κ2) is 9.78. The summed E-state index contributed by atoms with van der Waals surface area (Å²) in [6.45, 7) is 6.27. The molecular formula is C34H30N6O. The minimum Gasteiger partial charge on any atom is -0.496 e. The van der Waals surface area contributed by atoms with Crippen LogP contribution in [0.25, 0.3) is 5.69 Å². The van der Waals surface area contributed by atoms with Gasteiger partial charge in [0.15, 0.2) is 17.5 Å². The third-order valence-electron chi connectivity index (χ3n) is 7.92. The van der Waals surface area contributed by atoms with Gasteiger partial charge in [0.1, 0.15) is 5.75 Å². The quantitative estimate of drug-likeness (QED) is 0.256. The number of aryl methyl sites for hydroxylation is 2. The number of aromatic nitrogens is 2. The molecular weight excluding hydrogens is 508 g/mol. The van der Waals surface area contributed by atoms with Crippen LogP contribution in [0.2, 0.25) is 0 Å². The Morgan fingerprint density at radius 3 is 2.41 bits per heavy atom. The van der Waals surface area contributed by atoms with Crippen molar-refractivity contribution in [1.29, 1.82) is 0 Å². The van der Waals surface area contributed by atoms with Gasteiger partial charge in [0, 0.05) is 11.1 Å². The van der Waals surface area contributed by atoms with E-state index in [1.165, 1.54) is 5.56 Å². The number of rotatable bonds is 4. The van der Waals surface area contributed by atoms with Crippen molar-refractivity contribution in [1.82, 2.24) is 9.78 Å². The van der Waals surface area contributed by atoms with Crippen molar-refractivity contribution in [3.8, 4) is 11.4 Å². The molecule has 0 amide bonds. The lowest BCUT2D eigenvalue weighted by Gasteiger charge is -2.42. The first-order chi connectivity index (χ1) is 20.0. The van der Waals surface area contributed by atoms with Gasteiger partial charge in [-0.05, 0) is 68.3 Å². The predicted octanol–water partition coefficient (Wildman–Crippen LogP) is 7.60. The van der Waals surface area contributed by atoms with E-state index in [0.717, 1.165) is 62.5 Å². The molecule has 1 aromatic heterocycles. The van der Waals surface area contributed by atoms with E-state index >= 15 is 0 Å². The van der Waals surface area contributed by atoms with E-state index in [0.29, 0.717) is 5.84 Å². The van der Waals surface area contributed by atoms with Crippen LogP contribution in [-0.4, -0.2) is 28.6 Å². The van der Waals surface area contributed by atoms with E-state index in [-0.39, 0.29) is 6.04 Å². The van der Waals surface area contributed by atoms with E-state index in [1.807, 2.05) is 53.2 Å². The Bertz CT molecular complexity index is 1850. The van der Waals surface area contributed by atoms with E-state index in [2.05, 4.69) is 79.5 Å². The number of benzene rings is 4. The standard InChI is InChI=1S/C34H30N6O/c1-21-13-12-18-26(22(21)2)35-32-34-37-33-30(23(3)38-40(33)24-14-6-5-7-15-24)31(25-16-8-11-20-29(25)41-4)39(34)28-19-10-9-17-27(28)36-32/h5-20,31H,1-4H3,(H,35,36)/t31-/m1/s1. The van der Waals surface area contributed by atoms with Gasteiger partial charge in [-0.15, -0.1) is 0 Å². The van der Waals surface area contributed by atoms with Crippen LogP contribution in [-0.2, 0) is 0 Å². The van der Waals surface area contributed by atoms with Crippen molar-refractivity contribution >= 4 is 34.6 Å². The fourth-order valence-corrected chi connectivity index (χ4v) is 5.74. The van der Waals surface area contributed by atoms with Gasteiger partial charge in [-0.2, -0.15) is 5.10 Å². The Hall–Kier alpha value is -5.17. The van der Waals surface area contributed by atoms with Crippen LogP contribution in [0.5, 0.6) is 5.75 Å². The van der Waals surface area contributed by atoms with Crippen LogP contribution in [0.4, 0.5) is 22.9 Å².